The third-order valence-corrected chi connectivity index (χ3v) is 5.35. The molecular formula is C17H20N6O. The average Bonchev–Trinajstić information content (AvgIpc) is 3.02. The second-order valence-electron chi connectivity index (χ2n) is 6.77. The van der Waals surface area contributed by atoms with Gasteiger partial charge in [-0.25, -0.2) is 9.97 Å². The summed E-state index contributed by atoms with van der Waals surface area (Å²) in [5.41, 5.74) is 0.858. The van der Waals surface area contributed by atoms with Gasteiger partial charge < -0.3 is 14.8 Å². The standard InChI is InChI=1S/C17H20N6O/c1-22(17-11-4-6-19-16(11)20-10-21-17)7-12-13-8-23(9-14(12)13)15(24)3-2-5-18/h4,6,10,12-14H,2-3,7-9H2,1H3,(H,19,20,21)/t12?,13-,14+. The Hall–Kier alpha value is -2.62. The lowest BCUT2D eigenvalue weighted by Gasteiger charge is -2.23. The van der Waals surface area contributed by atoms with Crippen LogP contribution < -0.4 is 4.90 Å². The van der Waals surface area contributed by atoms with Gasteiger partial charge >= 0.3 is 0 Å². The number of fused-ring (bicyclic) bond motifs is 2. The van der Waals surface area contributed by atoms with Gasteiger partial charge in [0.05, 0.1) is 11.5 Å². The number of rotatable bonds is 5. The largest absolute Gasteiger partial charge is 0.359 e. The van der Waals surface area contributed by atoms with Crippen LogP contribution in [0.1, 0.15) is 12.8 Å². The molecule has 0 bridgehead atoms. The van der Waals surface area contributed by atoms with Crippen molar-refractivity contribution in [3.63, 3.8) is 0 Å². The molecule has 1 aliphatic heterocycles. The van der Waals surface area contributed by atoms with Gasteiger partial charge in [0.15, 0.2) is 0 Å². The number of H-pyrrole nitrogens is 1. The summed E-state index contributed by atoms with van der Waals surface area (Å²) >= 11 is 0. The van der Waals surface area contributed by atoms with Gasteiger partial charge in [-0.05, 0) is 23.8 Å². The van der Waals surface area contributed by atoms with Crippen molar-refractivity contribution in [3.05, 3.63) is 18.6 Å². The van der Waals surface area contributed by atoms with Gasteiger partial charge in [0.25, 0.3) is 0 Å². The highest BCUT2D eigenvalue weighted by atomic mass is 16.2. The summed E-state index contributed by atoms with van der Waals surface area (Å²) in [4.78, 5) is 27.9. The normalized spacial score (nSPS) is 24.7. The Labute approximate surface area is 140 Å². The maximum Gasteiger partial charge on any atom is 0.223 e. The number of hydrogen-bond donors (Lipinski definition) is 1. The van der Waals surface area contributed by atoms with E-state index in [1.54, 1.807) is 6.33 Å². The lowest BCUT2D eigenvalue weighted by atomic mass is 10.2. The van der Waals surface area contributed by atoms with E-state index in [1.165, 1.54) is 0 Å². The number of piperidine rings is 1. The molecule has 0 radical (unpaired) electrons. The van der Waals surface area contributed by atoms with Crippen molar-refractivity contribution in [2.24, 2.45) is 17.8 Å². The highest BCUT2D eigenvalue weighted by Gasteiger charge is 2.56. The summed E-state index contributed by atoms with van der Waals surface area (Å²) in [5.74, 6) is 2.90. The minimum Gasteiger partial charge on any atom is -0.359 e. The maximum atomic E-state index is 12.0. The molecule has 7 heteroatoms. The first-order valence-corrected chi connectivity index (χ1v) is 8.33. The topological polar surface area (TPSA) is 88.9 Å². The molecule has 1 N–H and O–H groups in total. The molecule has 124 valence electrons. The quantitative estimate of drug-likeness (QED) is 0.898. The molecule has 1 saturated heterocycles. The summed E-state index contributed by atoms with van der Waals surface area (Å²) in [6.07, 6.45) is 4.14. The van der Waals surface area contributed by atoms with Crippen LogP contribution in [0.2, 0.25) is 0 Å². The first-order valence-electron chi connectivity index (χ1n) is 8.33. The molecule has 1 unspecified atom stereocenters. The number of nitrogens with zero attached hydrogens (tertiary/aromatic N) is 5. The van der Waals surface area contributed by atoms with Crippen LogP contribution in [0.25, 0.3) is 11.0 Å². The van der Waals surface area contributed by atoms with Crippen LogP contribution >= 0.6 is 0 Å². The first-order chi connectivity index (χ1) is 11.7. The number of anilines is 1. The molecule has 1 saturated carbocycles. The minimum atomic E-state index is 0.126. The van der Waals surface area contributed by atoms with Crippen LogP contribution in [-0.2, 0) is 4.79 Å². The lowest BCUT2D eigenvalue weighted by Crippen LogP contribution is -2.33. The highest BCUT2D eigenvalue weighted by molar-refractivity contribution is 5.87. The molecular weight excluding hydrogens is 304 g/mol. The summed E-state index contributed by atoms with van der Waals surface area (Å²) in [6, 6.07) is 4.05. The lowest BCUT2D eigenvalue weighted by molar-refractivity contribution is -0.130. The Morgan fingerprint density at radius 3 is 3.00 bits per heavy atom. The number of aromatic amines is 1. The molecule has 2 aliphatic rings. The van der Waals surface area contributed by atoms with E-state index < -0.39 is 0 Å². The molecule has 0 spiro atoms. The van der Waals surface area contributed by atoms with Crippen molar-refractivity contribution in [1.82, 2.24) is 19.9 Å². The van der Waals surface area contributed by atoms with Gasteiger partial charge in [0.2, 0.25) is 5.91 Å². The Bertz CT molecular complexity index is 797. The van der Waals surface area contributed by atoms with E-state index in [4.69, 9.17) is 5.26 Å². The number of hydrogen-bond acceptors (Lipinski definition) is 5. The van der Waals surface area contributed by atoms with Gasteiger partial charge in [-0.3, -0.25) is 4.79 Å². The molecule has 2 aromatic rings. The molecule has 4 rings (SSSR count). The van der Waals surface area contributed by atoms with Crippen LogP contribution in [-0.4, -0.2) is 52.4 Å². The van der Waals surface area contributed by atoms with Gasteiger partial charge in [-0.15, -0.1) is 0 Å². The Balaban J connectivity index is 1.35. The molecule has 2 fully saturated rings. The smallest absolute Gasteiger partial charge is 0.223 e. The van der Waals surface area contributed by atoms with Crippen LogP contribution in [0.4, 0.5) is 5.82 Å². The average molecular weight is 324 g/mol. The first kappa shape index (κ1) is 14.9. The molecule has 7 nitrogen and oxygen atoms in total. The van der Waals surface area contributed by atoms with E-state index in [2.05, 4.69) is 26.9 Å². The molecule has 3 atom stereocenters. The van der Waals surface area contributed by atoms with Crippen molar-refractivity contribution < 1.29 is 4.79 Å². The second kappa shape index (κ2) is 5.78. The van der Waals surface area contributed by atoms with E-state index in [9.17, 15) is 4.79 Å². The highest BCUT2D eigenvalue weighted by Crippen LogP contribution is 2.52. The predicted octanol–water partition coefficient (Wildman–Crippen LogP) is 1.40. The number of amides is 1. The van der Waals surface area contributed by atoms with Gasteiger partial charge in [-0.2, -0.15) is 5.26 Å². The van der Waals surface area contributed by atoms with Crippen LogP contribution in [0, 0.1) is 29.1 Å². The summed E-state index contributed by atoms with van der Waals surface area (Å²) in [7, 11) is 2.07. The molecule has 1 aliphatic carbocycles. The van der Waals surface area contributed by atoms with Crippen molar-refractivity contribution in [2.75, 3.05) is 31.6 Å². The number of nitriles is 1. The Morgan fingerprint density at radius 2 is 2.25 bits per heavy atom. The SMILES string of the molecule is CN(CC1[C@H]2CN(C(=O)CCC#N)C[C@@H]12)c1ncnc2[nH]ccc12. The maximum absolute atomic E-state index is 12.0. The second-order valence-corrected chi connectivity index (χ2v) is 6.77. The van der Waals surface area contributed by atoms with E-state index in [0.29, 0.717) is 30.6 Å². The third-order valence-electron chi connectivity index (χ3n) is 5.35. The predicted molar refractivity (Wildman–Crippen MR) is 89.1 cm³/mol. The number of nitrogens with one attached hydrogen (secondary N) is 1. The minimum absolute atomic E-state index is 0.126. The van der Waals surface area contributed by atoms with Crippen molar-refractivity contribution >= 4 is 22.8 Å². The zero-order chi connectivity index (χ0) is 16.7. The fraction of sp³-hybridized carbons (Fsp3) is 0.529. The monoisotopic (exact) mass is 324 g/mol. The number of carbonyl (C=O) groups is 1. The van der Waals surface area contributed by atoms with Crippen LogP contribution in [0.5, 0.6) is 0 Å². The Morgan fingerprint density at radius 1 is 1.46 bits per heavy atom. The van der Waals surface area contributed by atoms with Gasteiger partial charge in [-0.1, -0.05) is 0 Å². The number of aromatic nitrogens is 3. The van der Waals surface area contributed by atoms with Crippen LogP contribution in [0.15, 0.2) is 18.6 Å². The zero-order valence-corrected chi connectivity index (χ0v) is 13.6. The van der Waals surface area contributed by atoms with Crippen LogP contribution in [0.3, 0.4) is 0 Å². The van der Waals surface area contributed by atoms with Crippen molar-refractivity contribution in [1.29, 1.82) is 5.26 Å². The fourth-order valence-corrected chi connectivity index (χ4v) is 4.01. The Kier molecular flexibility index (Phi) is 3.60. The van der Waals surface area contributed by atoms with Crippen molar-refractivity contribution in [2.45, 2.75) is 12.8 Å². The van der Waals surface area contributed by atoms with Gasteiger partial charge in [0, 0.05) is 45.7 Å². The van der Waals surface area contributed by atoms with E-state index in [0.717, 1.165) is 36.5 Å². The van der Waals surface area contributed by atoms with Crippen molar-refractivity contribution in [3.8, 4) is 6.07 Å². The summed E-state index contributed by atoms with van der Waals surface area (Å²) < 4.78 is 0. The summed E-state index contributed by atoms with van der Waals surface area (Å²) in [5, 5.41) is 9.63. The molecule has 2 aromatic heterocycles. The summed E-state index contributed by atoms with van der Waals surface area (Å²) in [6.45, 7) is 2.64. The van der Waals surface area contributed by atoms with Gasteiger partial charge in [0.1, 0.15) is 17.8 Å². The molecule has 0 aromatic carbocycles. The molecule has 3 heterocycles. The fourth-order valence-electron chi connectivity index (χ4n) is 4.01. The third kappa shape index (κ3) is 2.48. The molecule has 24 heavy (non-hydrogen) atoms. The van der Waals surface area contributed by atoms with E-state index >= 15 is 0 Å². The number of likely N-dealkylation sites (tertiary alicyclic amines) is 1. The van der Waals surface area contributed by atoms with E-state index in [1.807, 2.05) is 23.2 Å². The van der Waals surface area contributed by atoms with E-state index in [-0.39, 0.29) is 5.91 Å². The molecule has 1 amide bonds. The number of carbonyl (C=O) groups excluding carboxylic acids is 1. The zero-order valence-electron chi connectivity index (χ0n) is 13.6.